The molecule has 7 heteroatoms. The van der Waals surface area contributed by atoms with Gasteiger partial charge in [0, 0.05) is 6.20 Å². The minimum Gasteiger partial charge on any atom is -0.467 e. The number of nitrogens with one attached hydrogen (secondary N) is 1. The molecule has 0 spiro atoms. The molecule has 0 bridgehead atoms. The molecule has 0 aliphatic carbocycles. The summed E-state index contributed by atoms with van der Waals surface area (Å²) in [6, 6.07) is 10.9. The van der Waals surface area contributed by atoms with Crippen LogP contribution >= 0.6 is 0 Å². The van der Waals surface area contributed by atoms with Gasteiger partial charge in [-0.3, -0.25) is 14.3 Å². The van der Waals surface area contributed by atoms with Gasteiger partial charge in [-0.25, -0.2) is 14.2 Å². The van der Waals surface area contributed by atoms with Gasteiger partial charge in [0.25, 0.3) is 5.56 Å². The van der Waals surface area contributed by atoms with E-state index in [1.54, 1.807) is 30.3 Å². The Balaban J connectivity index is 2.00. The average molecular weight is 337 g/mol. The number of furan rings is 1. The Morgan fingerprint density at radius 2 is 1.92 bits per heavy atom. The summed E-state index contributed by atoms with van der Waals surface area (Å²) >= 11 is 0. The summed E-state index contributed by atoms with van der Waals surface area (Å²) in [4.78, 5) is 31.2. The van der Waals surface area contributed by atoms with Crippen LogP contribution in [0.4, 0.5) is 4.39 Å². The third-order valence-corrected chi connectivity index (χ3v) is 3.93. The smallest absolute Gasteiger partial charge is 0.330 e. The maximum absolute atomic E-state index is 13.2. The Kier molecular flexibility index (Phi) is 3.53. The molecule has 25 heavy (non-hydrogen) atoms. The molecule has 124 valence electrons. The van der Waals surface area contributed by atoms with Crippen molar-refractivity contribution < 1.29 is 8.81 Å². The van der Waals surface area contributed by atoms with E-state index in [4.69, 9.17) is 4.42 Å². The summed E-state index contributed by atoms with van der Waals surface area (Å²) in [6.07, 6.45) is 3.02. The molecule has 4 rings (SSSR count). The van der Waals surface area contributed by atoms with E-state index in [-0.39, 0.29) is 23.4 Å². The molecule has 0 amide bonds. The number of hydrogen-bond donors (Lipinski definition) is 1. The molecule has 0 fully saturated rings. The van der Waals surface area contributed by atoms with Gasteiger partial charge in [0.15, 0.2) is 5.65 Å². The van der Waals surface area contributed by atoms with E-state index in [2.05, 4.69) is 9.97 Å². The molecule has 6 nitrogen and oxygen atoms in total. The maximum atomic E-state index is 13.2. The number of pyridine rings is 1. The second-order valence-electron chi connectivity index (χ2n) is 5.49. The summed E-state index contributed by atoms with van der Waals surface area (Å²) in [5, 5.41) is 0.264. The van der Waals surface area contributed by atoms with E-state index in [9.17, 15) is 14.0 Å². The lowest BCUT2D eigenvalue weighted by Crippen LogP contribution is -2.31. The van der Waals surface area contributed by atoms with E-state index in [1.807, 2.05) is 0 Å². The maximum Gasteiger partial charge on any atom is 0.330 e. The number of halogens is 1. The lowest BCUT2D eigenvalue weighted by atomic mass is 10.0. The molecule has 0 radical (unpaired) electrons. The molecule has 0 saturated carbocycles. The fourth-order valence-electron chi connectivity index (χ4n) is 2.78. The molecule has 1 aromatic carbocycles. The third-order valence-electron chi connectivity index (χ3n) is 3.93. The van der Waals surface area contributed by atoms with Gasteiger partial charge in [0.2, 0.25) is 0 Å². The van der Waals surface area contributed by atoms with Crippen LogP contribution in [0.5, 0.6) is 0 Å². The second kappa shape index (κ2) is 5.86. The Bertz CT molecular complexity index is 1160. The van der Waals surface area contributed by atoms with E-state index in [0.717, 1.165) is 0 Å². The second-order valence-corrected chi connectivity index (χ2v) is 5.49. The van der Waals surface area contributed by atoms with Crippen molar-refractivity contribution in [2.24, 2.45) is 0 Å². The Morgan fingerprint density at radius 3 is 2.64 bits per heavy atom. The van der Waals surface area contributed by atoms with E-state index in [1.165, 1.54) is 29.2 Å². The number of nitrogens with zero attached hydrogens (tertiary/aromatic N) is 2. The van der Waals surface area contributed by atoms with Crippen LogP contribution in [0.25, 0.3) is 22.2 Å². The molecule has 1 N–H and O–H groups in total. The molecule has 0 unspecified atom stereocenters. The molecule has 0 saturated heterocycles. The van der Waals surface area contributed by atoms with E-state index >= 15 is 0 Å². The molecule has 0 aliphatic rings. The topological polar surface area (TPSA) is 80.9 Å². The van der Waals surface area contributed by atoms with Crippen molar-refractivity contribution in [2.45, 2.75) is 6.54 Å². The SMILES string of the molecule is O=c1[nH]c(=O)n(Cc2ccco2)c2nccc(-c3ccc(F)cc3)c12. The first-order valence-corrected chi connectivity index (χ1v) is 7.53. The predicted molar refractivity (Wildman–Crippen MR) is 89.8 cm³/mol. The highest BCUT2D eigenvalue weighted by Gasteiger charge is 2.14. The van der Waals surface area contributed by atoms with Gasteiger partial charge in [0.1, 0.15) is 11.6 Å². The van der Waals surface area contributed by atoms with Crippen molar-refractivity contribution in [3.63, 3.8) is 0 Å². The Labute approximate surface area is 140 Å². The van der Waals surface area contributed by atoms with Crippen LogP contribution in [0.3, 0.4) is 0 Å². The van der Waals surface area contributed by atoms with Crippen LogP contribution in [0.1, 0.15) is 5.76 Å². The quantitative estimate of drug-likeness (QED) is 0.623. The first kappa shape index (κ1) is 15.1. The molecule has 3 heterocycles. The van der Waals surface area contributed by atoms with Crippen LogP contribution in [0, 0.1) is 5.82 Å². The third kappa shape index (κ3) is 2.65. The Hall–Kier alpha value is -3.48. The number of rotatable bonds is 3. The predicted octanol–water partition coefficient (Wildman–Crippen LogP) is 2.53. The first-order valence-electron chi connectivity index (χ1n) is 7.53. The average Bonchev–Trinajstić information content (AvgIpc) is 3.12. The summed E-state index contributed by atoms with van der Waals surface area (Å²) in [7, 11) is 0. The number of aromatic nitrogens is 3. The molecule has 0 aliphatic heterocycles. The summed E-state index contributed by atoms with van der Waals surface area (Å²) < 4.78 is 19.8. The normalized spacial score (nSPS) is 11.1. The van der Waals surface area contributed by atoms with Crippen LogP contribution in [-0.2, 0) is 6.54 Å². The van der Waals surface area contributed by atoms with Gasteiger partial charge in [-0.05, 0) is 41.5 Å². The molecule has 3 aromatic heterocycles. The minimum atomic E-state index is -0.572. The number of fused-ring (bicyclic) bond motifs is 1. The van der Waals surface area contributed by atoms with Crippen molar-refractivity contribution in [1.29, 1.82) is 0 Å². The highest BCUT2D eigenvalue weighted by Crippen LogP contribution is 2.24. The molecular formula is C18H12FN3O3. The van der Waals surface area contributed by atoms with Crippen molar-refractivity contribution in [3.05, 3.63) is 87.3 Å². The summed E-state index contributed by atoms with van der Waals surface area (Å²) in [5.41, 5.74) is 0.356. The number of aromatic amines is 1. The number of hydrogen-bond acceptors (Lipinski definition) is 4. The summed E-state index contributed by atoms with van der Waals surface area (Å²) in [6.45, 7) is 0.138. The lowest BCUT2D eigenvalue weighted by Gasteiger charge is -2.10. The largest absolute Gasteiger partial charge is 0.467 e. The van der Waals surface area contributed by atoms with Crippen molar-refractivity contribution in [2.75, 3.05) is 0 Å². The van der Waals surface area contributed by atoms with Gasteiger partial charge in [0.05, 0.1) is 18.2 Å². The van der Waals surface area contributed by atoms with E-state index in [0.29, 0.717) is 16.9 Å². The standard InChI is InChI=1S/C18H12FN3O3/c19-12-5-3-11(4-6-12)14-7-8-20-16-15(14)17(23)21-18(24)22(16)10-13-2-1-9-25-13/h1-9H,10H2,(H,21,23,24). The Morgan fingerprint density at radius 1 is 1.12 bits per heavy atom. The molecule has 0 atom stereocenters. The van der Waals surface area contributed by atoms with Crippen molar-refractivity contribution in [1.82, 2.24) is 14.5 Å². The highest BCUT2D eigenvalue weighted by molar-refractivity contribution is 5.91. The monoisotopic (exact) mass is 337 g/mol. The number of benzene rings is 1. The molecule has 4 aromatic rings. The minimum absolute atomic E-state index is 0.138. The first-order chi connectivity index (χ1) is 12.1. The van der Waals surface area contributed by atoms with E-state index < -0.39 is 11.2 Å². The van der Waals surface area contributed by atoms with Crippen LogP contribution in [0.2, 0.25) is 0 Å². The zero-order valence-corrected chi connectivity index (χ0v) is 12.9. The molecular weight excluding hydrogens is 325 g/mol. The van der Waals surface area contributed by atoms with Crippen LogP contribution in [0.15, 0.2) is 68.9 Å². The van der Waals surface area contributed by atoms with Crippen molar-refractivity contribution in [3.8, 4) is 11.1 Å². The lowest BCUT2D eigenvalue weighted by molar-refractivity contribution is 0.490. The zero-order valence-electron chi connectivity index (χ0n) is 12.9. The number of H-pyrrole nitrogens is 1. The van der Waals surface area contributed by atoms with Gasteiger partial charge < -0.3 is 4.42 Å². The zero-order chi connectivity index (χ0) is 17.4. The van der Waals surface area contributed by atoms with Gasteiger partial charge in [-0.15, -0.1) is 0 Å². The van der Waals surface area contributed by atoms with Gasteiger partial charge in [-0.1, -0.05) is 12.1 Å². The summed E-state index contributed by atoms with van der Waals surface area (Å²) in [5.74, 6) is 0.190. The highest BCUT2D eigenvalue weighted by atomic mass is 19.1. The van der Waals surface area contributed by atoms with Crippen molar-refractivity contribution >= 4 is 11.0 Å². The fraction of sp³-hybridized carbons (Fsp3) is 0.0556. The van der Waals surface area contributed by atoms with Gasteiger partial charge >= 0.3 is 5.69 Å². The van der Waals surface area contributed by atoms with Gasteiger partial charge in [-0.2, -0.15) is 0 Å². The van der Waals surface area contributed by atoms with Crippen LogP contribution in [-0.4, -0.2) is 14.5 Å². The fourth-order valence-corrected chi connectivity index (χ4v) is 2.78. The van der Waals surface area contributed by atoms with Crippen LogP contribution < -0.4 is 11.2 Å².